The molecule has 0 spiro atoms. The van der Waals surface area contributed by atoms with Gasteiger partial charge in [0.25, 0.3) is 5.91 Å². The van der Waals surface area contributed by atoms with E-state index in [1.54, 1.807) is 22.4 Å². The van der Waals surface area contributed by atoms with Gasteiger partial charge in [0.2, 0.25) is 0 Å². The summed E-state index contributed by atoms with van der Waals surface area (Å²) in [4.78, 5) is 19.1. The van der Waals surface area contributed by atoms with E-state index in [2.05, 4.69) is 10.1 Å². The summed E-state index contributed by atoms with van der Waals surface area (Å²) in [7, 11) is 0. The molecule has 1 saturated heterocycles. The smallest absolute Gasteiger partial charge is 0.337 e. The maximum absolute atomic E-state index is 13.0. The summed E-state index contributed by atoms with van der Waals surface area (Å²) in [6.45, 7) is 2.73. The van der Waals surface area contributed by atoms with E-state index in [9.17, 15) is 18.0 Å². The third kappa shape index (κ3) is 3.17. The molecule has 0 aromatic carbocycles. The van der Waals surface area contributed by atoms with Gasteiger partial charge in [-0.1, -0.05) is 6.07 Å². The predicted molar refractivity (Wildman–Crippen MR) is 91.3 cm³/mol. The van der Waals surface area contributed by atoms with Gasteiger partial charge in [-0.25, -0.2) is 4.98 Å². The Morgan fingerprint density at radius 1 is 1.15 bits per heavy atom. The fourth-order valence-electron chi connectivity index (χ4n) is 3.55. The summed E-state index contributed by atoms with van der Waals surface area (Å²) < 4.78 is 41.3. The van der Waals surface area contributed by atoms with Crippen LogP contribution in [0.5, 0.6) is 0 Å². The quantitative estimate of drug-likeness (QED) is 0.688. The molecule has 1 aliphatic heterocycles. The van der Waals surface area contributed by atoms with E-state index < -0.39 is 11.9 Å². The third-order valence-corrected chi connectivity index (χ3v) is 4.93. The number of hydrogen-bond acceptors (Lipinski definition) is 3. The minimum absolute atomic E-state index is 0.110. The van der Waals surface area contributed by atoms with Crippen molar-refractivity contribution in [3.8, 4) is 0 Å². The van der Waals surface area contributed by atoms with Crippen molar-refractivity contribution in [1.29, 1.82) is 0 Å². The summed E-state index contributed by atoms with van der Waals surface area (Å²) >= 11 is 0. The van der Waals surface area contributed by atoms with Crippen LogP contribution in [0, 0.1) is 6.92 Å². The Bertz CT molecular complexity index is 982. The zero-order valence-electron chi connectivity index (χ0n) is 14.6. The van der Waals surface area contributed by atoms with Crippen molar-refractivity contribution in [2.75, 3.05) is 13.1 Å². The molecule has 1 aliphatic rings. The lowest BCUT2D eigenvalue weighted by Crippen LogP contribution is -2.40. The van der Waals surface area contributed by atoms with Gasteiger partial charge in [0.1, 0.15) is 11.3 Å². The number of piperidine rings is 1. The molecule has 9 heteroatoms. The minimum atomic E-state index is -4.44. The third-order valence-electron chi connectivity index (χ3n) is 4.93. The van der Waals surface area contributed by atoms with Crippen molar-refractivity contribution < 1.29 is 18.0 Å². The first-order valence-electron chi connectivity index (χ1n) is 8.70. The molecule has 0 radical (unpaired) electrons. The fraction of sp³-hybridized carbons (Fsp3) is 0.389. The number of hydrogen-bond donors (Lipinski definition) is 0. The van der Waals surface area contributed by atoms with Crippen molar-refractivity contribution in [3.63, 3.8) is 0 Å². The molecule has 0 aliphatic carbocycles. The van der Waals surface area contributed by atoms with Gasteiger partial charge >= 0.3 is 6.18 Å². The molecule has 3 aromatic heterocycles. The molecule has 0 bridgehead atoms. The first-order valence-corrected chi connectivity index (χ1v) is 8.70. The number of carbonyl (C=O) groups excluding carboxylic acids is 1. The van der Waals surface area contributed by atoms with Crippen LogP contribution in [0.2, 0.25) is 0 Å². The van der Waals surface area contributed by atoms with E-state index in [-0.39, 0.29) is 11.9 Å². The van der Waals surface area contributed by atoms with E-state index in [4.69, 9.17) is 0 Å². The normalized spacial score (nSPS) is 16.2. The summed E-state index contributed by atoms with van der Waals surface area (Å²) in [6, 6.07) is 6.38. The Labute approximate surface area is 153 Å². The molecule has 0 unspecified atom stereocenters. The van der Waals surface area contributed by atoms with E-state index in [0.29, 0.717) is 43.0 Å². The highest BCUT2D eigenvalue weighted by Crippen LogP contribution is 2.30. The molecule has 27 heavy (non-hydrogen) atoms. The molecule has 0 N–H and O–H groups in total. The predicted octanol–water partition coefficient (Wildman–Crippen LogP) is 3.34. The number of halogens is 3. The summed E-state index contributed by atoms with van der Waals surface area (Å²) in [5, 5.41) is 3.65. The standard InChI is InChI=1S/C18H18F3N5O/c1-12-16(25-8-3-2-4-15(25)22-12)17(27)24-9-5-13(6-10-24)26-11-7-14(23-26)18(19,20)21/h2-4,7-8,11,13H,5-6,9-10H2,1H3. The van der Waals surface area contributed by atoms with Gasteiger partial charge in [-0.2, -0.15) is 18.3 Å². The summed E-state index contributed by atoms with van der Waals surface area (Å²) in [5.41, 5.74) is 1.02. The van der Waals surface area contributed by atoms with Crippen molar-refractivity contribution in [3.05, 3.63) is 53.7 Å². The van der Waals surface area contributed by atoms with Crippen LogP contribution < -0.4 is 0 Å². The second kappa shape index (κ2) is 6.40. The molecule has 6 nitrogen and oxygen atoms in total. The average Bonchev–Trinajstić information content (AvgIpc) is 3.25. The molecule has 4 heterocycles. The first-order chi connectivity index (χ1) is 12.8. The molecule has 0 atom stereocenters. The molecule has 0 saturated carbocycles. The van der Waals surface area contributed by atoms with Crippen LogP contribution in [0.3, 0.4) is 0 Å². The van der Waals surface area contributed by atoms with Crippen LogP contribution in [0.1, 0.15) is 40.8 Å². The number of rotatable bonds is 2. The molecule has 3 aromatic rings. The maximum atomic E-state index is 13.0. The highest BCUT2D eigenvalue weighted by Gasteiger charge is 2.35. The van der Waals surface area contributed by atoms with Crippen LogP contribution in [-0.4, -0.2) is 43.1 Å². The Morgan fingerprint density at radius 2 is 1.89 bits per heavy atom. The van der Waals surface area contributed by atoms with Gasteiger partial charge in [-0.3, -0.25) is 13.9 Å². The van der Waals surface area contributed by atoms with E-state index in [0.717, 1.165) is 6.07 Å². The number of pyridine rings is 1. The zero-order valence-corrected chi connectivity index (χ0v) is 14.6. The van der Waals surface area contributed by atoms with Crippen molar-refractivity contribution in [2.24, 2.45) is 0 Å². The van der Waals surface area contributed by atoms with Gasteiger partial charge in [-0.15, -0.1) is 0 Å². The Balaban J connectivity index is 1.48. The molecule has 142 valence electrons. The average molecular weight is 377 g/mol. The highest BCUT2D eigenvalue weighted by atomic mass is 19.4. The lowest BCUT2D eigenvalue weighted by Gasteiger charge is -2.32. The number of likely N-dealkylation sites (tertiary alicyclic amines) is 1. The van der Waals surface area contributed by atoms with Crippen molar-refractivity contribution >= 4 is 11.6 Å². The number of nitrogens with zero attached hydrogens (tertiary/aromatic N) is 5. The van der Waals surface area contributed by atoms with Crippen LogP contribution in [-0.2, 0) is 6.18 Å². The lowest BCUT2D eigenvalue weighted by molar-refractivity contribution is -0.141. The monoisotopic (exact) mass is 377 g/mol. The van der Waals surface area contributed by atoms with E-state index in [1.165, 1.54) is 10.9 Å². The maximum Gasteiger partial charge on any atom is 0.435 e. The van der Waals surface area contributed by atoms with Crippen LogP contribution in [0.15, 0.2) is 36.7 Å². The number of imidazole rings is 1. The van der Waals surface area contributed by atoms with E-state index >= 15 is 0 Å². The molecule has 1 fully saturated rings. The Hall–Kier alpha value is -2.84. The lowest BCUT2D eigenvalue weighted by atomic mass is 10.0. The Kier molecular flexibility index (Phi) is 4.16. The van der Waals surface area contributed by atoms with Crippen LogP contribution >= 0.6 is 0 Å². The largest absolute Gasteiger partial charge is 0.435 e. The number of alkyl halides is 3. The molecular weight excluding hydrogens is 359 g/mol. The molecule has 4 rings (SSSR count). The van der Waals surface area contributed by atoms with E-state index in [1.807, 2.05) is 18.2 Å². The number of amides is 1. The van der Waals surface area contributed by atoms with Crippen molar-refractivity contribution in [2.45, 2.75) is 32.0 Å². The fourth-order valence-corrected chi connectivity index (χ4v) is 3.55. The second-order valence-corrected chi connectivity index (χ2v) is 6.68. The Morgan fingerprint density at radius 3 is 2.56 bits per heavy atom. The SMILES string of the molecule is Cc1nc2ccccn2c1C(=O)N1CCC(n2ccc(C(F)(F)F)n2)CC1. The van der Waals surface area contributed by atoms with Crippen LogP contribution in [0.4, 0.5) is 13.2 Å². The summed E-state index contributed by atoms with van der Waals surface area (Å²) in [6.07, 6.45) is -0.166. The van der Waals surface area contributed by atoms with Crippen LogP contribution in [0.25, 0.3) is 5.65 Å². The van der Waals surface area contributed by atoms with Gasteiger partial charge in [-0.05, 0) is 38.0 Å². The number of aryl methyl sites for hydroxylation is 1. The number of carbonyl (C=O) groups is 1. The van der Waals surface area contributed by atoms with Gasteiger partial charge in [0.05, 0.1) is 11.7 Å². The minimum Gasteiger partial charge on any atom is -0.337 e. The first kappa shape index (κ1) is 17.6. The second-order valence-electron chi connectivity index (χ2n) is 6.68. The molecular formula is C18H18F3N5O. The van der Waals surface area contributed by atoms with Crippen molar-refractivity contribution in [1.82, 2.24) is 24.1 Å². The number of aromatic nitrogens is 4. The van der Waals surface area contributed by atoms with Gasteiger partial charge < -0.3 is 4.90 Å². The highest BCUT2D eigenvalue weighted by molar-refractivity contribution is 5.94. The summed E-state index contributed by atoms with van der Waals surface area (Å²) in [5.74, 6) is -0.110. The topological polar surface area (TPSA) is 55.4 Å². The van der Waals surface area contributed by atoms with Gasteiger partial charge in [0.15, 0.2) is 5.69 Å². The zero-order chi connectivity index (χ0) is 19.2. The molecule has 1 amide bonds. The van der Waals surface area contributed by atoms with Gasteiger partial charge in [0, 0.05) is 25.5 Å². The number of fused-ring (bicyclic) bond motifs is 1.